The first-order chi connectivity index (χ1) is 8.13. The maximum absolute atomic E-state index is 12.0. The molecule has 0 saturated carbocycles. The first-order valence-electron chi connectivity index (χ1n) is 5.36. The van der Waals surface area contributed by atoms with Crippen LogP contribution in [0.4, 0.5) is 5.69 Å². The van der Waals surface area contributed by atoms with Crippen LogP contribution in [0.1, 0.15) is 12.8 Å². The molecule has 0 unspecified atom stereocenters. The van der Waals surface area contributed by atoms with Gasteiger partial charge in [-0.15, -0.1) is 6.58 Å². The smallest absolute Gasteiger partial charge is 0.237 e. The average Bonchev–Trinajstić information content (AvgIpc) is 2.57. The standard InChI is InChI=1S/C13H12ClNO2/c1-2-3-9-8-12(16)15(13(9)17)11-6-4-10(14)5-7-11/h2,4-7,9H,1,3,8H2/t9-/m0/s1. The first-order valence-corrected chi connectivity index (χ1v) is 5.74. The van der Waals surface area contributed by atoms with Crippen molar-refractivity contribution in [3.63, 3.8) is 0 Å². The van der Waals surface area contributed by atoms with E-state index < -0.39 is 0 Å². The highest BCUT2D eigenvalue weighted by Crippen LogP contribution is 2.29. The van der Waals surface area contributed by atoms with Gasteiger partial charge in [0, 0.05) is 11.4 Å². The van der Waals surface area contributed by atoms with E-state index in [1.54, 1.807) is 30.3 Å². The van der Waals surface area contributed by atoms with Crippen LogP contribution in [-0.2, 0) is 9.59 Å². The monoisotopic (exact) mass is 249 g/mol. The fourth-order valence-corrected chi connectivity index (χ4v) is 2.07. The number of benzene rings is 1. The quantitative estimate of drug-likeness (QED) is 0.610. The van der Waals surface area contributed by atoms with E-state index in [0.29, 0.717) is 17.1 Å². The highest BCUT2D eigenvalue weighted by atomic mass is 35.5. The maximum atomic E-state index is 12.0. The molecule has 2 rings (SSSR count). The van der Waals surface area contributed by atoms with E-state index in [1.165, 1.54) is 4.90 Å². The Bertz CT molecular complexity index is 467. The summed E-state index contributed by atoms with van der Waals surface area (Å²) in [5.41, 5.74) is 0.580. The number of anilines is 1. The molecular formula is C13H12ClNO2. The lowest BCUT2D eigenvalue weighted by atomic mass is 10.0. The summed E-state index contributed by atoms with van der Waals surface area (Å²) in [6.45, 7) is 3.59. The fraction of sp³-hybridized carbons (Fsp3) is 0.231. The molecule has 1 aliphatic rings. The van der Waals surface area contributed by atoms with Gasteiger partial charge in [0.25, 0.3) is 0 Å². The third-order valence-corrected chi connectivity index (χ3v) is 3.03. The molecule has 4 heteroatoms. The number of hydrogen-bond donors (Lipinski definition) is 0. The minimum Gasteiger partial charge on any atom is -0.274 e. The van der Waals surface area contributed by atoms with E-state index in [0.717, 1.165) is 0 Å². The number of amides is 2. The number of carbonyl (C=O) groups is 2. The molecule has 88 valence electrons. The molecule has 0 aromatic heterocycles. The van der Waals surface area contributed by atoms with Crippen molar-refractivity contribution in [2.45, 2.75) is 12.8 Å². The van der Waals surface area contributed by atoms with Crippen LogP contribution in [0.15, 0.2) is 36.9 Å². The molecule has 1 saturated heterocycles. The molecule has 0 radical (unpaired) electrons. The second kappa shape index (κ2) is 4.72. The number of imide groups is 1. The molecule has 1 aromatic carbocycles. The highest BCUT2D eigenvalue weighted by molar-refractivity contribution is 6.30. The molecule has 0 N–H and O–H groups in total. The van der Waals surface area contributed by atoms with Gasteiger partial charge in [-0.05, 0) is 30.7 Å². The van der Waals surface area contributed by atoms with Gasteiger partial charge in [-0.3, -0.25) is 14.5 Å². The fourth-order valence-electron chi connectivity index (χ4n) is 1.94. The molecule has 1 fully saturated rings. The van der Waals surface area contributed by atoms with Gasteiger partial charge in [0.05, 0.1) is 11.6 Å². The Morgan fingerprint density at radius 1 is 1.35 bits per heavy atom. The largest absolute Gasteiger partial charge is 0.274 e. The Hall–Kier alpha value is -1.61. The van der Waals surface area contributed by atoms with E-state index >= 15 is 0 Å². The molecule has 1 aromatic rings. The van der Waals surface area contributed by atoms with Crippen LogP contribution in [0.3, 0.4) is 0 Å². The summed E-state index contributed by atoms with van der Waals surface area (Å²) in [6.07, 6.45) is 2.46. The first kappa shape index (κ1) is 11.9. The zero-order valence-corrected chi connectivity index (χ0v) is 9.98. The molecule has 0 bridgehead atoms. The van der Waals surface area contributed by atoms with Crippen molar-refractivity contribution in [1.29, 1.82) is 0 Å². The van der Waals surface area contributed by atoms with Gasteiger partial charge in [-0.25, -0.2) is 0 Å². The summed E-state index contributed by atoms with van der Waals surface area (Å²) in [4.78, 5) is 25.0. The van der Waals surface area contributed by atoms with Crippen molar-refractivity contribution in [3.8, 4) is 0 Å². The van der Waals surface area contributed by atoms with Crippen LogP contribution in [0.25, 0.3) is 0 Å². The second-order valence-electron chi connectivity index (χ2n) is 3.97. The second-order valence-corrected chi connectivity index (χ2v) is 4.41. The van der Waals surface area contributed by atoms with Crippen molar-refractivity contribution in [1.82, 2.24) is 0 Å². The predicted octanol–water partition coefficient (Wildman–Crippen LogP) is 2.80. The van der Waals surface area contributed by atoms with E-state index in [-0.39, 0.29) is 24.2 Å². The van der Waals surface area contributed by atoms with Gasteiger partial charge in [0.2, 0.25) is 11.8 Å². The van der Waals surface area contributed by atoms with Crippen LogP contribution in [0.2, 0.25) is 5.02 Å². The Kier molecular flexibility index (Phi) is 3.29. The number of hydrogen-bond acceptors (Lipinski definition) is 2. The predicted molar refractivity (Wildman–Crippen MR) is 66.9 cm³/mol. The van der Waals surface area contributed by atoms with E-state index in [1.807, 2.05) is 0 Å². The number of halogens is 1. The van der Waals surface area contributed by atoms with Gasteiger partial charge < -0.3 is 0 Å². The minimum absolute atomic E-state index is 0.155. The van der Waals surface area contributed by atoms with Crippen molar-refractivity contribution in [3.05, 3.63) is 41.9 Å². The Balaban J connectivity index is 2.27. The lowest BCUT2D eigenvalue weighted by Crippen LogP contribution is -2.30. The van der Waals surface area contributed by atoms with E-state index in [2.05, 4.69) is 6.58 Å². The minimum atomic E-state index is -0.268. The summed E-state index contributed by atoms with van der Waals surface area (Å²) in [7, 11) is 0. The van der Waals surface area contributed by atoms with E-state index in [9.17, 15) is 9.59 Å². The van der Waals surface area contributed by atoms with Crippen LogP contribution >= 0.6 is 11.6 Å². The molecule has 3 nitrogen and oxygen atoms in total. The summed E-state index contributed by atoms with van der Waals surface area (Å²) < 4.78 is 0. The topological polar surface area (TPSA) is 37.4 Å². The lowest BCUT2D eigenvalue weighted by Gasteiger charge is -2.14. The Labute approximate surface area is 105 Å². The molecule has 17 heavy (non-hydrogen) atoms. The van der Waals surface area contributed by atoms with Gasteiger partial charge in [-0.1, -0.05) is 17.7 Å². The van der Waals surface area contributed by atoms with Crippen molar-refractivity contribution < 1.29 is 9.59 Å². The summed E-state index contributed by atoms with van der Waals surface area (Å²) in [6, 6.07) is 6.68. The third-order valence-electron chi connectivity index (χ3n) is 2.78. The van der Waals surface area contributed by atoms with Gasteiger partial charge in [0.1, 0.15) is 0 Å². The highest BCUT2D eigenvalue weighted by Gasteiger charge is 2.38. The molecule has 0 spiro atoms. The lowest BCUT2D eigenvalue weighted by molar-refractivity contribution is -0.122. The Morgan fingerprint density at radius 3 is 2.59 bits per heavy atom. The van der Waals surface area contributed by atoms with Crippen LogP contribution in [0.5, 0.6) is 0 Å². The number of allylic oxidation sites excluding steroid dienone is 1. The summed E-state index contributed by atoms with van der Waals surface area (Å²) in [5, 5.41) is 0.579. The van der Waals surface area contributed by atoms with Crippen molar-refractivity contribution in [2.24, 2.45) is 5.92 Å². The van der Waals surface area contributed by atoms with Gasteiger partial charge in [-0.2, -0.15) is 0 Å². The van der Waals surface area contributed by atoms with Crippen molar-refractivity contribution >= 4 is 29.1 Å². The molecule has 1 atom stereocenters. The van der Waals surface area contributed by atoms with E-state index in [4.69, 9.17) is 11.6 Å². The Morgan fingerprint density at radius 2 is 2.00 bits per heavy atom. The van der Waals surface area contributed by atoms with Crippen LogP contribution in [0, 0.1) is 5.92 Å². The average molecular weight is 250 g/mol. The van der Waals surface area contributed by atoms with Gasteiger partial charge >= 0.3 is 0 Å². The number of rotatable bonds is 3. The molecular weight excluding hydrogens is 238 g/mol. The van der Waals surface area contributed by atoms with Crippen LogP contribution in [-0.4, -0.2) is 11.8 Å². The zero-order valence-electron chi connectivity index (χ0n) is 9.23. The third kappa shape index (κ3) is 2.24. The maximum Gasteiger partial charge on any atom is 0.237 e. The summed E-state index contributed by atoms with van der Waals surface area (Å²) >= 11 is 5.77. The van der Waals surface area contributed by atoms with Crippen molar-refractivity contribution in [2.75, 3.05) is 4.90 Å². The zero-order chi connectivity index (χ0) is 12.4. The van der Waals surface area contributed by atoms with Crippen LogP contribution < -0.4 is 4.90 Å². The molecule has 2 amide bonds. The molecule has 0 aliphatic carbocycles. The normalized spacial score (nSPS) is 19.8. The molecule has 1 aliphatic heterocycles. The summed E-state index contributed by atoms with van der Waals surface area (Å²) in [5.74, 6) is -0.586. The molecule has 1 heterocycles. The SMILES string of the molecule is C=CC[C@H]1CC(=O)N(c2ccc(Cl)cc2)C1=O. The number of carbonyl (C=O) groups excluding carboxylic acids is 2. The van der Waals surface area contributed by atoms with Gasteiger partial charge in [0.15, 0.2) is 0 Å². The number of nitrogens with zero attached hydrogens (tertiary/aromatic N) is 1.